The molecule has 0 aliphatic heterocycles. The maximum atomic E-state index is 9.48. The highest BCUT2D eigenvalue weighted by molar-refractivity contribution is 9.10. The Balaban J connectivity index is 3.18. The molecule has 0 aliphatic carbocycles. The first-order chi connectivity index (χ1) is 8.49. The van der Waals surface area contributed by atoms with Crippen LogP contribution in [-0.2, 0) is 0 Å². The molecule has 0 fully saturated rings. The Hall–Kier alpha value is -1.00. The summed E-state index contributed by atoms with van der Waals surface area (Å²) in [6, 6.07) is 3.83. The molecule has 0 aromatic heterocycles. The quantitative estimate of drug-likeness (QED) is 0.901. The van der Waals surface area contributed by atoms with Gasteiger partial charge in [-0.1, -0.05) is 6.08 Å². The molecule has 0 spiro atoms. The van der Waals surface area contributed by atoms with Crippen LogP contribution in [0.15, 0.2) is 22.2 Å². The second-order valence-electron chi connectivity index (χ2n) is 4.03. The number of rotatable bonds is 5. The van der Waals surface area contributed by atoms with Gasteiger partial charge in [0.25, 0.3) is 0 Å². The minimum Gasteiger partial charge on any atom is -0.493 e. The first-order valence-corrected chi connectivity index (χ1v) is 6.65. The molecule has 1 atom stereocenters. The maximum Gasteiger partial charge on any atom is 0.175 e. The van der Waals surface area contributed by atoms with E-state index in [0.29, 0.717) is 18.1 Å². The molecule has 0 amide bonds. The molecule has 1 aromatic carbocycles. The number of benzene rings is 1. The predicted octanol–water partition coefficient (Wildman–Crippen LogP) is 3.64. The summed E-state index contributed by atoms with van der Waals surface area (Å²) in [5.41, 5.74) is 1.86. The summed E-state index contributed by atoms with van der Waals surface area (Å²) in [5.74, 6) is 1.38. The van der Waals surface area contributed by atoms with E-state index in [-0.39, 0.29) is 0 Å². The van der Waals surface area contributed by atoms with Crippen molar-refractivity contribution >= 4 is 22.0 Å². The Bertz CT molecular complexity index is 439. The van der Waals surface area contributed by atoms with E-state index in [1.165, 1.54) is 0 Å². The molecule has 100 valence electrons. The Morgan fingerprint density at radius 2 is 2.17 bits per heavy atom. The number of hydrogen-bond acceptors (Lipinski definition) is 3. The van der Waals surface area contributed by atoms with Gasteiger partial charge in [-0.3, -0.25) is 0 Å². The van der Waals surface area contributed by atoms with E-state index < -0.39 is 6.10 Å². The van der Waals surface area contributed by atoms with Crippen LogP contribution in [0.2, 0.25) is 0 Å². The van der Waals surface area contributed by atoms with Gasteiger partial charge in [0, 0.05) is 0 Å². The van der Waals surface area contributed by atoms with Crippen LogP contribution in [0.1, 0.15) is 26.3 Å². The lowest BCUT2D eigenvalue weighted by Gasteiger charge is -2.13. The van der Waals surface area contributed by atoms with Crippen molar-refractivity contribution in [3.8, 4) is 11.5 Å². The third-order valence-corrected chi connectivity index (χ3v) is 3.18. The van der Waals surface area contributed by atoms with Crippen LogP contribution in [0.4, 0.5) is 0 Å². The van der Waals surface area contributed by atoms with Gasteiger partial charge < -0.3 is 14.6 Å². The van der Waals surface area contributed by atoms with Gasteiger partial charge in [-0.2, -0.15) is 0 Å². The van der Waals surface area contributed by atoms with E-state index in [0.717, 1.165) is 15.6 Å². The number of aliphatic hydroxyl groups is 1. The molecule has 0 bridgehead atoms. The van der Waals surface area contributed by atoms with Crippen molar-refractivity contribution in [3.63, 3.8) is 0 Å². The maximum absolute atomic E-state index is 9.48. The van der Waals surface area contributed by atoms with Crippen molar-refractivity contribution in [3.05, 3.63) is 27.7 Å². The zero-order valence-electron chi connectivity index (χ0n) is 11.2. The third-order valence-electron chi connectivity index (χ3n) is 2.59. The lowest BCUT2D eigenvalue weighted by molar-refractivity contribution is 0.232. The van der Waals surface area contributed by atoms with Crippen molar-refractivity contribution in [2.24, 2.45) is 0 Å². The number of aliphatic hydroxyl groups excluding tert-OH is 1. The van der Waals surface area contributed by atoms with E-state index in [1.807, 2.05) is 32.1 Å². The predicted molar refractivity (Wildman–Crippen MR) is 77.2 cm³/mol. The van der Waals surface area contributed by atoms with Gasteiger partial charge in [0.2, 0.25) is 0 Å². The van der Waals surface area contributed by atoms with Crippen LogP contribution >= 0.6 is 15.9 Å². The number of methoxy groups -OCH3 is 1. The normalized spacial score (nSPS) is 13.3. The van der Waals surface area contributed by atoms with Gasteiger partial charge in [0.05, 0.1) is 24.3 Å². The minimum absolute atomic E-state index is 0.457. The second-order valence-corrected chi connectivity index (χ2v) is 4.89. The summed E-state index contributed by atoms with van der Waals surface area (Å²) in [6.07, 6.45) is 1.47. The molecule has 3 nitrogen and oxygen atoms in total. The highest BCUT2D eigenvalue weighted by atomic mass is 79.9. The molecular weight excluding hydrogens is 296 g/mol. The Kier molecular flexibility index (Phi) is 5.69. The van der Waals surface area contributed by atoms with Gasteiger partial charge in [-0.15, -0.1) is 0 Å². The van der Waals surface area contributed by atoms with E-state index in [9.17, 15) is 5.11 Å². The van der Waals surface area contributed by atoms with Gasteiger partial charge in [0.1, 0.15) is 0 Å². The fourth-order valence-corrected chi connectivity index (χ4v) is 2.07. The van der Waals surface area contributed by atoms with Crippen LogP contribution in [0.5, 0.6) is 11.5 Å². The highest BCUT2D eigenvalue weighted by Gasteiger charge is 2.10. The molecule has 0 aliphatic rings. The topological polar surface area (TPSA) is 38.7 Å². The molecular formula is C14H19BrO3. The van der Waals surface area contributed by atoms with Crippen LogP contribution < -0.4 is 9.47 Å². The lowest BCUT2D eigenvalue weighted by atomic mass is 10.1. The Labute approximate surface area is 117 Å². The van der Waals surface area contributed by atoms with E-state index in [1.54, 1.807) is 14.0 Å². The molecule has 0 saturated carbocycles. The van der Waals surface area contributed by atoms with Crippen molar-refractivity contribution in [1.29, 1.82) is 0 Å². The Morgan fingerprint density at radius 1 is 1.50 bits per heavy atom. The second kappa shape index (κ2) is 6.81. The van der Waals surface area contributed by atoms with Crippen molar-refractivity contribution < 1.29 is 14.6 Å². The van der Waals surface area contributed by atoms with Crippen molar-refractivity contribution in [2.45, 2.75) is 26.9 Å². The molecule has 1 N–H and O–H groups in total. The molecule has 0 heterocycles. The number of halogens is 1. The van der Waals surface area contributed by atoms with Gasteiger partial charge >= 0.3 is 0 Å². The average Bonchev–Trinajstić information content (AvgIpc) is 2.32. The van der Waals surface area contributed by atoms with Crippen LogP contribution in [0.3, 0.4) is 0 Å². The van der Waals surface area contributed by atoms with Crippen LogP contribution in [0, 0.1) is 0 Å². The molecule has 18 heavy (non-hydrogen) atoms. The van der Waals surface area contributed by atoms with Crippen molar-refractivity contribution in [2.75, 3.05) is 13.7 Å². The number of hydrogen-bond donors (Lipinski definition) is 1. The smallest absolute Gasteiger partial charge is 0.175 e. The fourth-order valence-electron chi connectivity index (χ4n) is 1.49. The van der Waals surface area contributed by atoms with E-state index in [2.05, 4.69) is 15.9 Å². The molecule has 0 saturated heterocycles. The fraction of sp³-hybridized carbons (Fsp3) is 0.429. The van der Waals surface area contributed by atoms with Crippen LogP contribution in [0.25, 0.3) is 6.08 Å². The zero-order valence-corrected chi connectivity index (χ0v) is 12.7. The standard InChI is InChI=1S/C14H19BrO3/c1-5-18-14-12(15)7-11(8-13(14)17-4)6-9(2)10(3)16/h6-8,10,16H,5H2,1-4H3/b9-6-. The largest absolute Gasteiger partial charge is 0.493 e. The minimum atomic E-state index is -0.457. The molecule has 4 heteroatoms. The lowest BCUT2D eigenvalue weighted by Crippen LogP contribution is -2.01. The highest BCUT2D eigenvalue weighted by Crippen LogP contribution is 2.37. The SMILES string of the molecule is CCOc1c(Br)cc(/C=C(/C)C(C)O)cc1OC. The van der Waals surface area contributed by atoms with Crippen molar-refractivity contribution in [1.82, 2.24) is 0 Å². The van der Waals surface area contributed by atoms with Gasteiger partial charge in [-0.05, 0) is 60.0 Å². The summed E-state index contributed by atoms with van der Waals surface area (Å²) < 4.78 is 11.7. The van der Waals surface area contributed by atoms with Gasteiger partial charge in [0.15, 0.2) is 11.5 Å². The summed E-state index contributed by atoms with van der Waals surface area (Å²) in [4.78, 5) is 0. The zero-order chi connectivity index (χ0) is 13.7. The summed E-state index contributed by atoms with van der Waals surface area (Å²) in [6.45, 7) is 6.14. The average molecular weight is 315 g/mol. The summed E-state index contributed by atoms with van der Waals surface area (Å²) in [5, 5.41) is 9.48. The first kappa shape index (κ1) is 15.1. The van der Waals surface area contributed by atoms with Crippen LogP contribution in [-0.4, -0.2) is 24.9 Å². The number of ether oxygens (including phenoxy) is 2. The summed E-state index contributed by atoms with van der Waals surface area (Å²) >= 11 is 3.47. The third kappa shape index (κ3) is 3.75. The summed E-state index contributed by atoms with van der Waals surface area (Å²) in [7, 11) is 1.61. The monoisotopic (exact) mass is 314 g/mol. The molecule has 1 rings (SSSR count). The molecule has 1 unspecified atom stereocenters. The molecule has 1 aromatic rings. The first-order valence-electron chi connectivity index (χ1n) is 5.86. The molecule has 0 radical (unpaired) electrons. The van der Waals surface area contributed by atoms with Gasteiger partial charge in [-0.25, -0.2) is 0 Å². The van der Waals surface area contributed by atoms with E-state index in [4.69, 9.17) is 9.47 Å². The van der Waals surface area contributed by atoms with E-state index >= 15 is 0 Å². The Morgan fingerprint density at radius 3 is 2.67 bits per heavy atom.